The van der Waals surface area contributed by atoms with Gasteiger partial charge < -0.3 is 14.6 Å². The normalized spacial score (nSPS) is 11.8. The van der Waals surface area contributed by atoms with Gasteiger partial charge in [0.1, 0.15) is 5.75 Å². The maximum absolute atomic E-state index is 11.1. The van der Waals surface area contributed by atoms with Gasteiger partial charge in [0.15, 0.2) is 0 Å². The maximum atomic E-state index is 11.1. The second-order valence-corrected chi connectivity index (χ2v) is 7.77. The van der Waals surface area contributed by atoms with E-state index in [9.17, 15) is 9.90 Å². The highest BCUT2D eigenvalue weighted by molar-refractivity contribution is 5.68. The monoisotopic (exact) mass is 412 g/mol. The van der Waals surface area contributed by atoms with E-state index in [4.69, 9.17) is 4.74 Å². The molecular formula is C26H36O4. The van der Waals surface area contributed by atoms with E-state index in [1.54, 1.807) is 0 Å². The third-order valence-corrected chi connectivity index (χ3v) is 5.33. The molecule has 0 heterocycles. The van der Waals surface area contributed by atoms with Crippen molar-refractivity contribution >= 4 is 5.97 Å². The van der Waals surface area contributed by atoms with Gasteiger partial charge in [-0.15, -0.1) is 0 Å². The Kier molecular flexibility index (Phi) is 11.7. The van der Waals surface area contributed by atoms with Gasteiger partial charge in [-0.1, -0.05) is 55.0 Å². The van der Waals surface area contributed by atoms with Gasteiger partial charge >= 0.3 is 5.97 Å². The molecular weight excluding hydrogens is 376 g/mol. The lowest BCUT2D eigenvalue weighted by atomic mass is 10.0. The molecule has 0 bridgehead atoms. The van der Waals surface area contributed by atoms with Crippen LogP contribution in [-0.4, -0.2) is 30.9 Å². The third kappa shape index (κ3) is 9.93. The van der Waals surface area contributed by atoms with Crippen LogP contribution in [0.15, 0.2) is 54.6 Å². The molecule has 0 aliphatic heterocycles. The summed E-state index contributed by atoms with van der Waals surface area (Å²) in [5.41, 5.74) is 2.54. The number of ether oxygens (including phenoxy) is 2. The van der Waals surface area contributed by atoms with E-state index in [0.29, 0.717) is 19.3 Å². The second kappa shape index (κ2) is 14.6. The Hall–Kier alpha value is -2.33. The molecule has 0 radical (unpaired) electrons. The average Bonchev–Trinajstić information content (AvgIpc) is 2.78. The fourth-order valence-electron chi connectivity index (χ4n) is 3.50. The standard InChI is InChI=1S/C26H36O4/c1-29-26(28)18-10-8-16-24(27)20-19-23-15-7-9-17-25(23)30-21-11-3-6-14-22-12-4-2-5-13-22/h2,4-5,7,9,12-13,15,17,24,27H,3,6,8,10-11,14,16,18-21H2,1H3. The van der Waals surface area contributed by atoms with E-state index in [0.717, 1.165) is 56.4 Å². The van der Waals surface area contributed by atoms with Crippen LogP contribution in [0.4, 0.5) is 0 Å². The van der Waals surface area contributed by atoms with E-state index in [1.807, 2.05) is 18.2 Å². The number of unbranched alkanes of at least 4 members (excludes halogenated alkanes) is 3. The number of benzene rings is 2. The van der Waals surface area contributed by atoms with Crippen LogP contribution < -0.4 is 4.74 Å². The van der Waals surface area contributed by atoms with Gasteiger partial charge in [0.05, 0.1) is 19.8 Å². The fourth-order valence-corrected chi connectivity index (χ4v) is 3.50. The number of carbonyl (C=O) groups excluding carboxylic acids is 1. The van der Waals surface area contributed by atoms with Gasteiger partial charge in [-0.25, -0.2) is 0 Å². The van der Waals surface area contributed by atoms with Crippen LogP contribution in [0.25, 0.3) is 0 Å². The van der Waals surface area contributed by atoms with Gasteiger partial charge in [0.25, 0.3) is 0 Å². The summed E-state index contributed by atoms with van der Waals surface area (Å²) in [6, 6.07) is 18.7. The molecule has 0 amide bonds. The van der Waals surface area contributed by atoms with Crippen molar-refractivity contribution in [2.24, 2.45) is 0 Å². The predicted molar refractivity (Wildman–Crippen MR) is 121 cm³/mol. The molecule has 0 aliphatic rings. The second-order valence-electron chi connectivity index (χ2n) is 7.77. The first-order valence-corrected chi connectivity index (χ1v) is 11.2. The topological polar surface area (TPSA) is 55.8 Å². The van der Waals surface area contributed by atoms with E-state index < -0.39 is 0 Å². The number of esters is 1. The molecule has 0 aliphatic carbocycles. The van der Waals surface area contributed by atoms with Crippen LogP contribution in [0.1, 0.15) is 62.5 Å². The third-order valence-electron chi connectivity index (χ3n) is 5.33. The molecule has 0 fully saturated rings. The van der Waals surface area contributed by atoms with Crippen molar-refractivity contribution < 1.29 is 19.4 Å². The molecule has 2 rings (SSSR count). The molecule has 1 atom stereocenters. The Morgan fingerprint density at radius 1 is 0.867 bits per heavy atom. The molecule has 0 saturated carbocycles. The minimum absolute atomic E-state index is 0.185. The Balaban J connectivity index is 1.61. The summed E-state index contributed by atoms with van der Waals surface area (Å²) in [6.45, 7) is 0.724. The lowest BCUT2D eigenvalue weighted by Gasteiger charge is -2.14. The number of hydrogen-bond donors (Lipinski definition) is 1. The van der Waals surface area contributed by atoms with Crippen LogP contribution >= 0.6 is 0 Å². The molecule has 1 unspecified atom stereocenters. The zero-order chi connectivity index (χ0) is 21.4. The molecule has 0 saturated heterocycles. The number of carbonyl (C=O) groups is 1. The fraction of sp³-hybridized carbons (Fsp3) is 0.500. The van der Waals surface area contributed by atoms with Crippen molar-refractivity contribution in [3.05, 3.63) is 65.7 Å². The first kappa shape index (κ1) is 23.9. The molecule has 2 aromatic rings. The average molecular weight is 413 g/mol. The number of rotatable bonds is 15. The van der Waals surface area contributed by atoms with Crippen LogP contribution in [-0.2, 0) is 22.4 Å². The molecule has 0 spiro atoms. The largest absolute Gasteiger partial charge is 0.493 e. The van der Waals surface area contributed by atoms with Crippen LogP contribution in [0.5, 0.6) is 5.75 Å². The zero-order valence-electron chi connectivity index (χ0n) is 18.2. The summed E-state index contributed by atoms with van der Waals surface area (Å²) >= 11 is 0. The molecule has 0 aromatic heterocycles. The van der Waals surface area contributed by atoms with Gasteiger partial charge in [0, 0.05) is 6.42 Å². The lowest BCUT2D eigenvalue weighted by Crippen LogP contribution is -2.09. The summed E-state index contributed by atoms with van der Waals surface area (Å²) in [5.74, 6) is 0.745. The quantitative estimate of drug-likeness (QED) is 0.310. The van der Waals surface area contributed by atoms with Crippen molar-refractivity contribution in [3.8, 4) is 5.75 Å². The minimum Gasteiger partial charge on any atom is -0.493 e. The van der Waals surface area contributed by atoms with Crippen LogP contribution in [0.2, 0.25) is 0 Å². The van der Waals surface area contributed by atoms with Crippen molar-refractivity contribution in [3.63, 3.8) is 0 Å². The highest BCUT2D eigenvalue weighted by atomic mass is 16.5. The smallest absolute Gasteiger partial charge is 0.305 e. The number of methoxy groups -OCH3 is 1. The van der Waals surface area contributed by atoms with E-state index in [1.165, 1.54) is 19.1 Å². The summed E-state index contributed by atoms with van der Waals surface area (Å²) < 4.78 is 10.7. The summed E-state index contributed by atoms with van der Waals surface area (Å²) in [5, 5.41) is 10.2. The van der Waals surface area contributed by atoms with Gasteiger partial charge in [0.2, 0.25) is 0 Å². The number of aliphatic hydroxyl groups is 1. The van der Waals surface area contributed by atoms with Crippen molar-refractivity contribution in [1.82, 2.24) is 0 Å². The summed E-state index contributed by atoms with van der Waals surface area (Å²) in [7, 11) is 1.40. The first-order chi connectivity index (χ1) is 14.7. The van der Waals surface area contributed by atoms with Crippen molar-refractivity contribution in [2.45, 2.75) is 70.3 Å². The molecule has 1 N–H and O–H groups in total. The van der Waals surface area contributed by atoms with E-state index in [-0.39, 0.29) is 12.1 Å². The van der Waals surface area contributed by atoms with Gasteiger partial charge in [-0.05, 0) is 68.6 Å². The molecule has 2 aromatic carbocycles. The molecule has 30 heavy (non-hydrogen) atoms. The van der Waals surface area contributed by atoms with Gasteiger partial charge in [-0.2, -0.15) is 0 Å². The molecule has 164 valence electrons. The summed E-state index contributed by atoms with van der Waals surface area (Å²) in [6.07, 6.45) is 8.36. The Labute approximate surface area is 181 Å². The number of para-hydroxylation sites is 1. The Bertz CT molecular complexity index is 714. The Morgan fingerprint density at radius 3 is 2.43 bits per heavy atom. The summed E-state index contributed by atoms with van der Waals surface area (Å²) in [4.78, 5) is 11.1. The van der Waals surface area contributed by atoms with Crippen LogP contribution in [0.3, 0.4) is 0 Å². The molecule has 4 nitrogen and oxygen atoms in total. The zero-order valence-corrected chi connectivity index (χ0v) is 18.2. The Morgan fingerprint density at radius 2 is 1.63 bits per heavy atom. The number of aryl methyl sites for hydroxylation is 2. The predicted octanol–water partition coefficient (Wildman–Crippen LogP) is 5.51. The number of hydrogen-bond acceptors (Lipinski definition) is 4. The van der Waals surface area contributed by atoms with Crippen molar-refractivity contribution in [1.29, 1.82) is 0 Å². The first-order valence-electron chi connectivity index (χ1n) is 11.2. The lowest BCUT2D eigenvalue weighted by molar-refractivity contribution is -0.140. The van der Waals surface area contributed by atoms with Gasteiger partial charge in [-0.3, -0.25) is 4.79 Å². The highest BCUT2D eigenvalue weighted by Crippen LogP contribution is 2.21. The highest BCUT2D eigenvalue weighted by Gasteiger charge is 2.09. The number of aliphatic hydroxyl groups excluding tert-OH is 1. The molecule has 4 heteroatoms. The van der Waals surface area contributed by atoms with Crippen LogP contribution in [0, 0.1) is 0 Å². The SMILES string of the molecule is COC(=O)CCCCC(O)CCc1ccccc1OCCCCCc1ccccc1. The van der Waals surface area contributed by atoms with E-state index >= 15 is 0 Å². The van der Waals surface area contributed by atoms with E-state index in [2.05, 4.69) is 41.1 Å². The minimum atomic E-state index is -0.353. The maximum Gasteiger partial charge on any atom is 0.305 e. The van der Waals surface area contributed by atoms with Crippen molar-refractivity contribution in [2.75, 3.05) is 13.7 Å².